The molecule has 0 aliphatic heterocycles. The van der Waals surface area contributed by atoms with E-state index >= 15 is 0 Å². The maximum absolute atomic E-state index is 12.3. The second kappa shape index (κ2) is 7.77. The second-order valence-electron chi connectivity index (χ2n) is 5.69. The molecule has 2 heterocycles. The van der Waals surface area contributed by atoms with Crippen LogP contribution in [0.2, 0.25) is 0 Å². The number of imidazole rings is 1. The third-order valence-electron chi connectivity index (χ3n) is 3.97. The van der Waals surface area contributed by atoms with E-state index in [2.05, 4.69) is 10.3 Å². The van der Waals surface area contributed by atoms with E-state index in [0.717, 1.165) is 16.9 Å². The highest BCUT2D eigenvalue weighted by atomic mass is 16.5. The molecule has 3 aromatic rings. The Bertz CT molecular complexity index is 862. The predicted molar refractivity (Wildman–Crippen MR) is 96.8 cm³/mol. The number of hydrogen-bond acceptors (Lipinski definition) is 5. The summed E-state index contributed by atoms with van der Waals surface area (Å²) in [6, 6.07) is 9.32. The van der Waals surface area contributed by atoms with Gasteiger partial charge >= 0.3 is 0 Å². The average molecular weight is 355 g/mol. The minimum absolute atomic E-state index is 0.115. The lowest BCUT2D eigenvalue weighted by molar-refractivity contribution is -0.120. The molecule has 7 heteroatoms. The molecule has 0 spiro atoms. The Morgan fingerprint density at radius 1 is 1.12 bits per heavy atom. The lowest BCUT2D eigenvalue weighted by Crippen LogP contribution is -2.24. The summed E-state index contributed by atoms with van der Waals surface area (Å²) in [7, 11) is 4.64. The van der Waals surface area contributed by atoms with Gasteiger partial charge in [0.1, 0.15) is 5.65 Å². The highest BCUT2D eigenvalue weighted by Gasteiger charge is 2.15. The molecule has 26 heavy (non-hydrogen) atoms. The average Bonchev–Trinajstić information content (AvgIpc) is 3.08. The van der Waals surface area contributed by atoms with E-state index < -0.39 is 0 Å². The van der Waals surface area contributed by atoms with E-state index in [1.54, 1.807) is 33.5 Å². The van der Waals surface area contributed by atoms with Gasteiger partial charge in [0.2, 0.25) is 11.7 Å². The predicted octanol–water partition coefficient (Wildman–Crippen LogP) is 2.22. The summed E-state index contributed by atoms with van der Waals surface area (Å²) < 4.78 is 17.8. The Kier molecular flexibility index (Phi) is 5.26. The van der Waals surface area contributed by atoms with Crippen molar-refractivity contribution in [2.75, 3.05) is 21.3 Å². The standard InChI is InChI=1S/C19H21N3O4/c1-24-15-8-13(9-16(25-2)19(15)26-3)10-18(23)20-11-14-12-22-7-5-4-6-17(22)21-14/h4-9,12H,10-11H2,1-3H3,(H,20,23). The number of fused-ring (bicyclic) bond motifs is 1. The van der Waals surface area contributed by atoms with Gasteiger partial charge in [-0.2, -0.15) is 0 Å². The minimum Gasteiger partial charge on any atom is -0.493 e. The largest absolute Gasteiger partial charge is 0.493 e. The zero-order valence-corrected chi connectivity index (χ0v) is 15.0. The van der Waals surface area contributed by atoms with Crippen LogP contribution in [0, 0.1) is 0 Å². The van der Waals surface area contributed by atoms with Gasteiger partial charge in [-0.05, 0) is 29.8 Å². The van der Waals surface area contributed by atoms with Crippen molar-refractivity contribution in [3.8, 4) is 17.2 Å². The van der Waals surface area contributed by atoms with E-state index in [4.69, 9.17) is 14.2 Å². The number of carbonyl (C=O) groups is 1. The Morgan fingerprint density at radius 2 is 1.85 bits per heavy atom. The lowest BCUT2D eigenvalue weighted by Gasteiger charge is -2.14. The summed E-state index contributed by atoms with van der Waals surface area (Å²) in [6.07, 6.45) is 4.02. The van der Waals surface area contributed by atoms with E-state index in [0.29, 0.717) is 23.8 Å². The summed E-state index contributed by atoms with van der Waals surface area (Å²) in [5.41, 5.74) is 2.42. The molecule has 0 atom stereocenters. The number of benzene rings is 1. The van der Waals surface area contributed by atoms with Crippen molar-refractivity contribution in [2.24, 2.45) is 0 Å². The maximum Gasteiger partial charge on any atom is 0.224 e. The van der Waals surface area contributed by atoms with Crippen molar-refractivity contribution in [3.05, 3.63) is 54.0 Å². The fourth-order valence-corrected chi connectivity index (χ4v) is 2.75. The van der Waals surface area contributed by atoms with Gasteiger partial charge in [-0.1, -0.05) is 6.07 Å². The van der Waals surface area contributed by atoms with Crippen LogP contribution in [0.3, 0.4) is 0 Å². The molecule has 2 aromatic heterocycles. The number of methoxy groups -OCH3 is 3. The number of amides is 1. The Hall–Kier alpha value is -3.22. The molecule has 0 saturated heterocycles. The van der Waals surface area contributed by atoms with Gasteiger partial charge in [-0.25, -0.2) is 4.98 Å². The first-order chi connectivity index (χ1) is 12.6. The van der Waals surface area contributed by atoms with Crippen molar-refractivity contribution in [3.63, 3.8) is 0 Å². The number of ether oxygens (including phenoxy) is 3. The molecule has 3 rings (SSSR count). The van der Waals surface area contributed by atoms with Crippen LogP contribution in [0.4, 0.5) is 0 Å². The maximum atomic E-state index is 12.3. The Balaban J connectivity index is 1.67. The van der Waals surface area contributed by atoms with Crippen LogP contribution >= 0.6 is 0 Å². The molecule has 0 bridgehead atoms. The van der Waals surface area contributed by atoms with Crippen LogP contribution in [0.1, 0.15) is 11.3 Å². The zero-order valence-electron chi connectivity index (χ0n) is 15.0. The summed E-state index contributed by atoms with van der Waals surface area (Å²) >= 11 is 0. The number of pyridine rings is 1. The van der Waals surface area contributed by atoms with Crippen LogP contribution in [0.25, 0.3) is 5.65 Å². The number of rotatable bonds is 7. The Morgan fingerprint density at radius 3 is 2.46 bits per heavy atom. The zero-order chi connectivity index (χ0) is 18.5. The third kappa shape index (κ3) is 3.72. The van der Waals surface area contributed by atoms with Gasteiger partial charge in [0.15, 0.2) is 11.5 Å². The molecule has 7 nitrogen and oxygen atoms in total. The number of hydrogen-bond donors (Lipinski definition) is 1. The molecular formula is C19H21N3O4. The highest BCUT2D eigenvalue weighted by molar-refractivity contribution is 5.79. The number of carbonyl (C=O) groups excluding carboxylic acids is 1. The first-order valence-electron chi connectivity index (χ1n) is 8.12. The third-order valence-corrected chi connectivity index (χ3v) is 3.97. The molecule has 1 N–H and O–H groups in total. The Labute approximate surface area is 151 Å². The van der Waals surface area contributed by atoms with Crippen LogP contribution in [-0.4, -0.2) is 36.6 Å². The van der Waals surface area contributed by atoms with Gasteiger partial charge in [0, 0.05) is 12.4 Å². The fraction of sp³-hybridized carbons (Fsp3) is 0.263. The number of nitrogens with zero attached hydrogens (tertiary/aromatic N) is 2. The van der Waals surface area contributed by atoms with Crippen molar-refractivity contribution >= 4 is 11.6 Å². The molecule has 0 aliphatic carbocycles. The van der Waals surface area contributed by atoms with Gasteiger partial charge < -0.3 is 23.9 Å². The molecule has 0 saturated carbocycles. The van der Waals surface area contributed by atoms with Crippen molar-refractivity contribution in [1.82, 2.24) is 14.7 Å². The van der Waals surface area contributed by atoms with Gasteiger partial charge in [-0.15, -0.1) is 0 Å². The van der Waals surface area contributed by atoms with Crippen molar-refractivity contribution in [2.45, 2.75) is 13.0 Å². The van der Waals surface area contributed by atoms with E-state index in [9.17, 15) is 4.79 Å². The van der Waals surface area contributed by atoms with Crippen molar-refractivity contribution < 1.29 is 19.0 Å². The number of aromatic nitrogens is 2. The quantitative estimate of drug-likeness (QED) is 0.703. The van der Waals surface area contributed by atoms with Crippen molar-refractivity contribution in [1.29, 1.82) is 0 Å². The molecule has 0 fully saturated rings. The molecule has 1 aromatic carbocycles. The monoisotopic (exact) mass is 355 g/mol. The number of nitrogens with one attached hydrogen (secondary N) is 1. The topological polar surface area (TPSA) is 74.1 Å². The first kappa shape index (κ1) is 17.6. The second-order valence-corrected chi connectivity index (χ2v) is 5.69. The minimum atomic E-state index is -0.115. The molecule has 0 unspecified atom stereocenters. The van der Waals surface area contributed by atoms with Crippen LogP contribution in [-0.2, 0) is 17.8 Å². The normalized spacial score (nSPS) is 10.6. The van der Waals surface area contributed by atoms with E-state index in [1.807, 2.05) is 35.0 Å². The molecule has 0 radical (unpaired) electrons. The van der Waals surface area contributed by atoms with Crippen LogP contribution < -0.4 is 19.5 Å². The van der Waals surface area contributed by atoms with E-state index in [-0.39, 0.29) is 12.3 Å². The van der Waals surface area contributed by atoms with Gasteiger partial charge in [0.05, 0.1) is 40.0 Å². The van der Waals surface area contributed by atoms with E-state index in [1.165, 1.54) is 0 Å². The highest BCUT2D eigenvalue weighted by Crippen LogP contribution is 2.38. The smallest absolute Gasteiger partial charge is 0.224 e. The van der Waals surface area contributed by atoms with Crippen LogP contribution in [0.15, 0.2) is 42.7 Å². The fourth-order valence-electron chi connectivity index (χ4n) is 2.75. The van der Waals surface area contributed by atoms with Gasteiger partial charge in [0.25, 0.3) is 0 Å². The molecular weight excluding hydrogens is 334 g/mol. The van der Waals surface area contributed by atoms with Crippen LogP contribution in [0.5, 0.6) is 17.2 Å². The van der Waals surface area contributed by atoms with Gasteiger partial charge in [-0.3, -0.25) is 4.79 Å². The summed E-state index contributed by atoms with van der Waals surface area (Å²) in [6.45, 7) is 0.366. The summed E-state index contributed by atoms with van der Waals surface area (Å²) in [4.78, 5) is 16.8. The molecule has 0 aliphatic rings. The first-order valence-corrected chi connectivity index (χ1v) is 8.12. The molecule has 136 valence electrons. The summed E-state index contributed by atoms with van der Waals surface area (Å²) in [5, 5.41) is 2.88. The SMILES string of the molecule is COc1cc(CC(=O)NCc2cn3ccccc3n2)cc(OC)c1OC. The molecule has 1 amide bonds. The lowest BCUT2D eigenvalue weighted by atomic mass is 10.1. The summed E-state index contributed by atoms with van der Waals surface area (Å²) in [5.74, 6) is 1.44.